The molecule has 2 aliphatic rings. The molecule has 4 aromatic rings. The number of halogens is 1. The van der Waals surface area contributed by atoms with Gasteiger partial charge in [-0.25, -0.2) is 14.4 Å². The summed E-state index contributed by atoms with van der Waals surface area (Å²) in [6.07, 6.45) is 4.12. The first-order chi connectivity index (χ1) is 15.5. The number of imidazole rings is 1. The van der Waals surface area contributed by atoms with Gasteiger partial charge in [0.25, 0.3) is 11.5 Å². The number of hydrogen-bond acceptors (Lipinski definition) is 5. The molecule has 1 atom stereocenters. The third kappa shape index (κ3) is 2.77. The number of H-pyrrole nitrogens is 1. The number of hydrogen-bond donors (Lipinski definition) is 1. The van der Waals surface area contributed by atoms with Crippen LogP contribution in [-0.2, 0) is 11.2 Å². The van der Waals surface area contributed by atoms with Gasteiger partial charge in [0.2, 0.25) is 0 Å². The number of aromatic nitrogens is 4. The lowest BCUT2D eigenvalue weighted by Gasteiger charge is -2.18. The lowest BCUT2D eigenvalue weighted by atomic mass is 10.0. The van der Waals surface area contributed by atoms with E-state index in [1.165, 1.54) is 6.07 Å². The van der Waals surface area contributed by atoms with Crippen molar-refractivity contribution in [2.45, 2.75) is 25.7 Å². The number of ether oxygens (including phenoxy) is 1. The average Bonchev–Trinajstić information content (AvgIpc) is 3.52. The number of pyridine rings is 1. The highest BCUT2D eigenvalue weighted by Crippen LogP contribution is 2.30. The monoisotopic (exact) mass is 433 g/mol. The van der Waals surface area contributed by atoms with E-state index in [1.807, 2.05) is 17.4 Å². The van der Waals surface area contributed by atoms with Crippen LogP contribution in [0.25, 0.3) is 16.6 Å². The minimum atomic E-state index is -0.412. The molecule has 1 unspecified atom stereocenters. The molecule has 6 rings (SSSR count). The van der Waals surface area contributed by atoms with Crippen LogP contribution in [0, 0.1) is 12.7 Å². The molecule has 1 amide bonds. The molecule has 1 fully saturated rings. The number of carbonyl (C=O) groups excluding carboxylic acids is 1. The maximum atomic E-state index is 13.5. The molecule has 1 saturated heterocycles. The van der Waals surface area contributed by atoms with Crippen LogP contribution >= 0.6 is 0 Å². The highest BCUT2D eigenvalue weighted by atomic mass is 19.1. The molecule has 5 heterocycles. The fourth-order valence-corrected chi connectivity index (χ4v) is 4.78. The van der Waals surface area contributed by atoms with Crippen molar-refractivity contribution in [2.24, 2.45) is 0 Å². The van der Waals surface area contributed by atoms with Gasteiger partial charge in [-0.05, 0) is 49.1 Å². The van der Waals surface area contributed by atoms with Crippen molar-refractivity contribution in [1.82, 2.24) is 19.4 Å². The average molecular weight is 433 g/mol. The number of carbonyl (C=O) groups is 1. The molecule has 1 aromatic carbocycles. The van der Waals surface area contributed by atoms with Crippen LogP contribution in [0.5, 0.6) is 0 Å². The van der Waals surface area contributed by atoms with E-state index in [4.69, 9.17) is 4.74 Å². The molecular formula is C23H20FN5O3. The second kappa shape index (κ2) is 6.96. The van der Waals surface area contributed by atoms with Crippen LogP contribution < -0.4 is 10.5 Å². The number of aromatic amines is 1. The second-order valence-corrected chi connectivity index (χ2v) is 8.38. The van der Waals surface area contributed by atoms with E-state index in [-0.39, 0.29) is 17.4 Å². The van der Waals surface area contributed by atoms with Crippen molar-refractivity contribution in [1.29, 1.82) is 0 Å². The number of rotatable bonds is 2. The number of aryl methyl sites for hydroxylation is 1. The Balaban J connectivity index is 1.49. The van der Waals surface area contributed by atoms with Gasteiger partial charge in [-0.3, -0.25) is 18.9 Å². The third-order valence-electron chi connectivity index (χ3n) is 6.39. The van der Waals surface area contributed by atoms with Crippen LogP contribution in [-0.4, -0.2) is 45.0 Å². The molecule has 9 heteroatoms. The van der Waals surface area contributed by atoms with Gasteiger partial charge in [0.1, 0.15) is 23.0 Å². The topological polar surface area (TPSA) is 92.6 Å². The Hall–Kier alpha value is -3.59. The summed E-state index contributed by atoms with van der Waals surface area (Å²) >= 11 is 0. The molecule has 0 bridgehead atoms. The summed E-state index contributed by atoms with van der Waals surface area (Å²) in [5, 5.41) is 0. The zero-order chi connectivity index (χ0) is 22.0. The van der Waals surface area contributed by atoms with Gasteiger partial charge in [0, 0.05) is 24.6 Å². The van der Waals surface area contributed by atoms with Gasteiger partial charge in [-0.2, -0.15) is 0 Å². The van der Waals surface area contributed by atoms with Gasteiger partial charge in [-0.15, -0.1) is 0 Å². The van der Waals surface area contributed by atoms with E-state index in [2.05, 4.69) is 15.0 Å². The summed E-state index contributed by atoms with van der Waals surface area (Å²) in [5.41, 5.74) is 3.51. The summed E-state index contributed by atoms with van der Waals surface area (Å²) in [7, 11) is 0. The van der Waals surface area contributed by atoms with Crippen molar-refractivity contribution in [2.75, 3.05) is 24.7 Å². The normalized spacial score (nSPS) is 18.1. The number of nitrogens with one attached hydrogen (secondary N) is 1. The fourth-order valence-electron chi connectivity index (χ4n) is 4.78. The molecule has 1 N–H and O–H groups in total. The first-order valence-electron chi connectivity index (χ1n) is 10.6. The zero-order valence-corrected chi connectivity index (χ0v) is 17.4. The third-order valence-corrected chi connectivity index (χ3v) is 6.39. The van der Waals surface area contributed by atoms with Gasteiger partial charge in [-0.1, -0.05) is 0 Å². The lowest BCUT2D eigenvalue weighted by molar-refractivity contribution is 0.0988. The summed E-state index contributed by atoms with van der Waals surface area (Å²) in [6.45, 7) is 3.55. The number of fused-ring (bicyclic) bond motifs is 4. The SMILES string of the molecule is Cc1cc2c(cc1C(=O)N1CCc3cc(F)cnc31)[nH]c(=O)c1cnc(C3CCOC3)n12. The number of anilines is 1. The first kappa shape index (κ1) is 19.1. The van der Waals surface area contributed by atoms with E-state index in [0.717, 1.165) is 29.5 Å². The second-order valence-electron chi connectivity index (χ2n) is 8.38. The smallest absolute Gasteiger partial charge is 0.274 e. The maximum absolute atomic E-state index is 13.5. The predicted molar refractivity (Wildman–Crippen MR) is 116 cm³/mol. The van der Waals surface area contributed by atoms with Crippen molar-refractivity contribution < 1.29 is 13.9 Å². The Bertz CT molecular complexity index is 1470. The van der Waals surface area contributed by atoms with Gasteiger partial charge < -0.3 is 9.72 Å². The van der Waals surface area contributed by atoms with Gasteiger partial charge >= 0.3 is 0 Å². The highest BCUT2D eigenvalue weighted by Gasteiger charge is 2.29. The maximum Gasteiger partial charge on any atom is 0.274 e. The van der Waals surface area contributed by atoms with E-state index in [9.17, 15) is 14.0 Å². The minimum Gasteiger partial charge on any atom is -0.381 e. The summed E-state index contributed by atoms with van der Waals surface area (Å²) in [5.74, 6) is 0.769. The predicted octanol–water partition coefficient (Wildman–Crippen LogP) is 2.73. The summed E-state index contributed by atoms with van der Waals surface area (Å²) in [4.78, 5) is 39.3. The minimum absolute atomic E-state index is 0.122. The molecular weight excluding hydrogens is 413 g/mol. The van der Waals surface area contributed by atoms with Crippen LogP contribution in [0.15, 0.2) is 35.4 Å². The van der Waals surface area contributed by atoms with E-state index < -0.39 is 5.82 Å². The lowest BCUT2D eigenvalue weighted by Crippen LogP contribution is -2.30. The Morgan fingerprint density at radius 1 is 1.22 bits per heavy atom. The number of nitrogens with zero attached hydrogens (tertiary/aromatic N) is 4. The van der Waals surface area contributed by atoms with Crippen molar-refractivity contribution >= 4 is 28.3 Å². The number of benzene rings is 1. The van der Waals surface area contributed by atoms with Crippen LogP contribution in [0.1, 0.15) is 39.6 Å². The molecule has 0 saturated carbocycles. The van der Waals surface area contributed by atoms with Crippen molar-refractivity contribution in [3.8, 4) is 0 Å². The Morgan fingerprint density at radius 2 is 2.09 bits per heavy atom. The van der Waals surface area contributed by atoms with E-state index in [0.29, 0.717) is 54.2 Å². The largest absolute Gasteiger partial charge is 0.381 e. The van der Waals surface area contributed by atoms with Crippen molar-refractivity contribution in [3.63, 3.8) is 0 Å². The molecule has 32 heavy (non-hydrogen) atoms. The Labute approximate surface area is 181 Å². The Morgan fingerprint density at radius 3 is 2.91 bits per heavy atom. The number of amides is 1. The van der Waals surface area contributed by atoms with Crippen LogP contribution in [0.3, 0.4) is 0 Å². The molecule has 162 valence electrons. The molecule has 2 aliphatic heterocycles. The summed E-state index contributed by atoms with van der Waals surface area (Å²) in [6, 6.07) is 5.04. The molecule has 0 spiro atoms. The van der Waals surface area contributed by atoms with E-state index in [1.54, 1.807) is 17.2 Å². The Kier molecular flexibility index (Phi) is 4.16. The van der Waals surface area contributed by atoms with E-state index >= 15 is 0 Å². The quantitative estimate of drug-likeness (QED) is 0.525. The van der Waals surface area contributed by atoms with Gasteiger partial charge in [0.15, 0.2) is 0 Å². The highest BCUT2D eigenvalue weighted by molar-refractivity contribution is 6.09. The van der Waals surface area contributed by atoms with Crippen LogP contribution in [0.2, 0.25) is 0 Å². The van der Waals surface area contributed by atoms with Crippen molar-refractivity contribution in [3.05, 3.63) is 69.3 Å². The standard InChI is InChI=1S/C23H20FN5O3/c1-12-6-18-17(27-22(30)19-10-26-21(29(18)19)14-3-5-32-11-14)8-16(12)23(31)28-4-2-13-7-15(24)9-25-20(13)28/h6-10,14H,2-5,11H2,1H3,(H,27,30). The van der Waals surface area contributed by atoms with Crippen LogP contribution in [0.4, 0.5) is 10.2 Å². The molecule has 8 nitrogen and oxygen atoms in total. The molecule has 0 aliphatic carbocycles. The molecule has 3 aromatic heterocycles. The fraction of sp³-hybridized carbons (Fsp3) is 0.304. The summed E-state index contributed by atoms with van der Waals surface area (Å²) < 4.78 is 20.9. The first-order valence-corrected chi connectivity index (χ1v) is 10.6. The zero-order valence-electron chi connectivity index (χ0n) is 17.4. The van der Waals surface area contributed by atoms with Gasteiger partial charge in [0.05, 0.1) is 30.0 Å². The molecule has 0 radical (unpaired) electrons.